The van der Waals surface area contributed by atoms with E-state index in [2.05, 4.69) is 34.4 Å². The molecule has 4 heteroatoms. The molecule has 0 spiro atoms. The van der Waals surface area contributed by atoms with Gasteiger partial charge in [-0.2, -0.15) is 0 Å². The highest BCUT2D eigenvalue weighted by molar-refractivity contribution is 6.18. The van der Waals surface area contributed by atoms with Gasteiger partial charge in [-0.15, -0.1) is 11.6 Å². The number of para-hydroxylation sites is 1. The Kier molecular flexibility index (Phi) is 3.15. The highest BCUT2D eigenvalue weighted by atomic mass is 35.5. The van der Waals surface area contributed by atoms with Crippen LogP contribution in [0.25, 0.3) is 21.9 Å². The number of halogens is 1. The molecule has 2 heterocycles. The van der Waals surface area contributed by atoms with E-state index in [4.69, 9.17) is 11.6 Å². The van der Waals surface area contributed by atoms with Gasteiger partial charge in [0.2, 0.25) is 0 Å². The van der Waals surface area contributed by atoms with Crippen LogP contribution >= 0.6 is 11.6 Å². The molecule has 3 rings (SSSR count). The minimum atomic E-state index is 0.389. The van der Waals surface area contributed by atoms with Gasteiger partial charge in [0.1, 0.15) is 5.52 Å². The third kappa shape index (κ3) is 2.08. The third-order valence-electron chi connectivity index (χ3n) is 3.21. The van der Waals surface area contributed by atoms with E-state index in [1.165, 1.54) is 0 Å². The van der Waals surface area contributed by atoms with Gasteiger partial charge >= 0.3 is 0 Å². The van der Waals surface area contributed by atoms with Crippen LogP contribution in [0, 0.1) is 5.92 Å². The lowest BCUT2D eigenvalue weighted by molar-refractivity contribution is 0.533. The van der Waals surface area contributed by atoms with Crippen molar-refractivity contribution in [1.82, 2.24) is 14.5 Å². The standard InChI is InChI=1S/C15H16ClN3/c1-10(2)8-19-9-17-14-13(7-16)18-12-6-4-3-5-11(12)15(14)19/h3-6,9-10H,7-8H2,1-2H3. The van der Waals surface area contributed by atoms with E-state index in [0.29, 0.717) is 11.8 Å². The first-order valence-electron chi connectivity index (χ1n) is 6.49. The summed E-state index contributed by atoms with van der Waals surface area (Å²) in [7, 11) is 0. The smallest absolute Gasteiger partial charge is 0.112 e. The molecule has 0 N–H and O–H groups in total. The molecule has 98 valence electrons. The monoisotopic (exact) mass is 273 g/mol. The molecule has 0 amide bonds. The lowest BCUT2D eigenvalue weighted by Crippen LogP contribution is -2.03. The number of hydrogen-bond acceptors (Lipinski definition) is 2. The molecule has 0 bridgehead atoms. The number of rotatable bonds is 3. The minimum Gasteiger partial charge on any atom is -0.330 e. The summed E-state index contributed by atoms with van der Waals surface area (Å²) >= 11 is 6.01. The molecule has 0 aliphatic rings. The van der Waals surface area contributed by atoms with Crippen molar-refractivity contribution in [3.05, 3.63) is 36.3 Å². The summed E-state index contributed by atoms with van der Waals surface area (Å²) in [5.41, 5.74) is 3.92. The summed E-state index contributed by atoms with van der Waals surface area (Å²) in [6, 6.07) is 8.16. The van der Waals surface area contributed by atoms with Crippen LogP contribution in [-0.4, -0.2) is 14.5 Å². The molecule has 3 nitrogen and oxygen atoms in total. The summed E-state index contributed by atoms with van der Waals surface area (Å²) in [5.74, 6) is 0.962. The van der Waals surface area contributed by atoms with Gasteiger partial charge in [0, 0.05) is 11.9 Å². The normalized spacial score (nSPS) is 11.8. The van der Waals surface area contributed by atoms with Crippen LogP contribution in [0.2, 0.25) is 0 Å². The Morgan fingerprint density at radius 2 is 2.05 bits per heavy atom. The van der Waals surface area contributed by atoms with Gasteiger partial charge in [0.25, 0.3) is 0 Å². The maximum atomic E-state index is 6.01. The van der Waals surface area contributed by atoms with Crippen LogP contribution in [-0.2, 0) is 12.4 Å². The second-order valence-electron chi connectivity index (χ2n) is 5.20. The number of nitrogens with zero attached hydrogens (tertiary/aromatic N) is 3. The van der Waals surface area contributed by atoms with Crippen molar-refractivity contribution in [2.45, 2.75) is 26.3 Å². The minimum absolute atomic E-state index is 0.389. The van der Waals surface area contributed by atoms with Crippen molar-refractivity contribution in [2.24, 2.45) is 5.92 Å². The summed E-state index contributed by atoms with van der Waals surface area (Å²) < 4.78 is 2.21. The Morgan fingerprint density at radius 3 is 2.79 bits per heavy atom. The molecule has 3 aromatic rings. The van der Waals surface area contributed by atoms with Crippen molar-refractivity contribution >= 4 is 33.5 Å². The molecular weight excluding hydrogens is 258 g/mol. The SMILES string of the molecule is CC(C)Cn1cnc2c(CCl)nc3ccccc3c21. The molecule has 0 atom stereocenters. The lowest BCUT2D eigenvalue weighted by atomic mass is 10.1. The molecule has 0 saturated heterocycles. The van der Waals surface area contributed by atoms with Crippen molar-refractivity contribution in [1.29, 1.82) is 0 Å². The quantitative estimate of drug-likeness (QED) is 0.676. The molecule has 0 radical (unpaired) electrons. The zero-order chi connectivity index (χ0) is 13.4. The predicted octanol–water partition coefficient (Wildman–Crippen LogP) is 3.98. The van der Waals surface area contributed by atoms with Crippen molar-refractivity contribution in [2.75, 3.05) is 0 Å². The number of aromatic nitrogens is 3. The molecular formula is C15H16ClN3. The zero-order valence-corrected chi connectivity index (χ0v) is 11.9. The maximum Gasteiger partial charge on any atom is 0.112 e. The number of hydrogen-bond donors (Lipinski definition) is 0. The van der Waals surface area contributed by atoms with Gasteiger partial charge in [-0.25, -0.2) is 9.97 Å². The third-order valence-corrected chi connectivity index (χ3v) is 3.47. The number of imidazole rings is 1. The van der Waals surface area contributed by atoms with E-state index >= 15 is 0 Å². The molecule has 0 saturated carbocycles. The van der Waals surface area contributed by atoms with Crippen LogP contribution in [0.1, 0.15) is 19.5 Å². The molecule has 0 aliphatic heterocycles. The van der Waals surface area contributed by atoms with E-state index < -0.39 is 0 Å². The first-order chi connectivity index (χ1) is 9.20. The second kappa shape index (κ2) is 4.82. The molecule has 0 fully saturated rings. The van der Waals surface area contributed by atoms with Crippen LogP contribution < -0.4 is 0 Å². The van der Waals surface area contributed by atoms with Crippen molar-refractivity contribution in [3.8, 4) is 0 Å². The largest absolute Gasteiger partial charge is 0.330 e. The average Bonchev–Trinajstić information content (AvgIpc) is 2.81. The van der Waals surface area contributed by atoms with Gasteiger partial charge in [-0.05, 0) is 12.0 Å². The van der Waals surface area contributed by atoms with Gasteiger partial charge in [-0.1, -0.05) is 32.0 Å². The zero-order valence-electron chi connectivity index (χ0n) is 11.1. The molecule has 1 aromatic carbocycles. The van der Waals surface area contributed by atoms with Crippen LogP contribution in [0.3, 0.4) is 0 Å². The summed E-state index contributed by atoms with van der Waals surface area (Å²) in [5, 5.41) is 1.14. The molecule has 19 heavy (non-hydrogen) atoms. The second-order valence-corrected chi connectivity index (χ2v) is 5.46. The Balaban J connectivity index is 2.39. The predicted molar refractivity (Wildman–Crippen MR) is 79.4 cm³/mol. The fraction of sp³-hybridized carbons (Fsp3) is 0.333. The number of benzene rings is 1. The first-order valence-corrected chi connectivity index (χ1v) is 7.02. The van der Waals surface area contributed by atoms with Gasteiger partial charge < -0.3 is 4.57 Å². The topological polar surface area (TPSA) is 30.7 Å². The summed E-state index contributed by atoms with van der Waals surface area (Å²) in [6.07, 6.45) is 1.90. The highest BCUT2D eigenvalue weighted by Gasteiger charge is 2.13. The van der Waals surface area contributed by atoms with Gasteiger partial charge in [0.05, 0.1) is 28.9 Å². The van der Waals surface area contributed by atoms with E-state index in [9.17, 15) is 0 Å². The Bertz CT molecular complexity index is 731. The highest BCUT2D eigenvalue weighted by Crippen LogP contribution is 2.27. The number of alkyl halides is 1. The van der Waals surface area contributed by atoms with E-state index in [1.807, 2.05) is 24.5 Å². The lowest BCUT2D eigenvalue weighted by Gasteiger charge is -2.10. The summed E-state index contributed by atoms with van der Waals surface area (Å²) in [4.78, 5) is 9.12. The van der Waals surface area contributed by atoms with Gasteiger partial charge in [0.15, 0.2) is 0 Å². The maximum absolute atomic E-state index is 6.01. The van der Waals surface area contributed by atoms with E-state index in [1.54, 1.807) is 0 Å². The fourth-order valence-corrected chi connectivity index (χ4v) is 2.66. The Morgan fingerprint density at radius 1 is 1.26 bits per heavy atom. The van der Waals surface area contributed by atoms with Crippen LogP contribution in [0.15, 0.2) is 30.6 Å². The Labute approximate surface area is 117 Å². The average molecular weight is 274 g/mol. The van der Waals surface area contributed by atoms with E-state index in [0.717, 1.165) is 34.2 Å². The fourth-order valence-electron chi connectivity index (χ4n) is 2.47. The molecule has 0 aliphatic carbocycles. The van der Waals surface area contributed by atoms with E-state index in [-0.39, 0.29) is 0 Å². The van der Waals surface area contributed by atoms with Crippen molar-refractivity contribution in [3.63, 3.8) is 0 Å². The summed E-state index contributed by atoms with van der Waals surface area (Å²) in [6.45, 7) is 5.36. The first kappa shape index (κ1) is 12.4. The number of pyridine rings is 1. The Hall–Kier alpha value is -1.61. The van der Waals surface area contributed by atoms with Crippen LogP contribution in [0.5, 0.6) is 0 Å². The van der Waals surface area contributed by atoms with Crippen molar-refractivity contribution < 1.29 is 0 Å². The molecule has 2 aromatic heterocycles. The molecule has 0 unspecified atom stereocenters. The van der Waals surface area contributed by atoms with Gasteiger partial charge in [-0.3, -0.25) is 0 Å². The number of fused-ring (bicyclic) bond motifs is 3. The van der Waals surface area contributed by atoms with Crippen LogP contribution in [0.4, 0.5) is 0 Å².